The second kappa shape index (κ2) is 10.6. The van der Waals surface area contributed by atoms with Crippen LogP contribution in [-0.2, 0) is 14.3 Å². The predicted molar refractivity (Wildman–Crippen MR) is 114 cm³/mol. The maximum Gasteiger partial charge on any atom is 0.308 e. The molecule has 0 radical (unpaired) electrons. The minimum atomic E-state index is -0.710. The summed E-state index contributed by atoms with van der Waals surface area (Å²) in [4.78, 5) is 36.4. The Morgan fingerprint density at radius 3 is 2.71 bits per heavy atom. The first-order valence-corrected chi connectivity index (χ1v) is 10.7. The van der Waals surface area contributed by atoms with E-state index >= 15 is 0 Å². The maximum atomic E-state index is 12.0. The lowest BCUT2D eigenvalue weighted by atomic mass is 10.1. The molecule has 0 saturated heterocycles. The van der Waals surface area contributed by atoms with Gasteiger partial charge in [0.2, 0.25) is 11.8 Å². The number of hydrogen-bond acceptors (Lipinski definition) is 8. The van der Waals surface area contributed by atoms with E-state index in [0.29, 0.717) is 10.8 Å². The first kappa shape index (κ1) is 22.4. The van der Waals surface area contributed by atoms with Crippen LogP contribution in [0.1, 0.15) is 53.4 Å². The Morgan fingerprint density at radius 1 is 1.13 bits per heavy atom. The van der Waals surface area contributed by atoms with Crippen LogP contribution in [0.2, 0.25) is 0 Å². The molecular formula is C22H23N3O5S. The summed E-state index contributed by atoms with van der Waals surface area (Å²) >= 11 is 1.35. The summed E-state index contributed by atoms with van der Waals surface area (Å²) in [6.07, 6.45) is -0.508. The Bertz CT molecular complexity index is 1050. The molecule has 3 rings (SSSR count). The molecule has 0 fully saturated rings. The first-order chi connectivity index (χ1) is 14.9. The van der Waals surface area contributed by atoms with Crippen molar-refractivity contribution >= 4 is 29.0 Å². The van der Waals surface area contributed by atoms with Gasteiger partial charge in [0.05, 0.1) is 11.3 Å². The van der Waals surface area contributed by atoms with Gasteiger partial charge in [-0.3, -0.25) is 14.4 Å². The fourth-order valence-corrected chi connectivity index (χ4v) is 3.47. The van der Waals surface area contributed by atoms with Gasteiger partial charge >= 0.3 is 5.97 Å². The molecule has 1 aromatic carbocycles. The van der Waals surface area contributed by atoms with E-state index in [-0.39, 0.29) is 43.4 Å². The van der Waals surface area contributed by atoms with Gasteiger partial charge in [-0.05, 0) is 37.4 Å². The summed E-state index contributed by atoms with van der Waals surface area (Å²) in [5.74, 6) is -0.307. The molecular weight excluding hydrogens is 418 g/mol. The molecule has 162 valence electrons. The number of carbonyl (C=O) groups is 3. The molecule has 31 heavy (non-hydrogen) atoms. The minimum absolute atomic E-state index is 0.00613. The molecule has 9 heteroatoms. The molecule has 0 aliphatic rings. The van der Waals surface area contributed by atoms with Crippen molar-refractivity contribution in [3.8, 4) is 11.5 Å². The van der Waals surface area contributed by atoms with Crippen molar-refractivity contribution in [2.24, 2.45) is 0 Å². The third-order valence-corrected chi connectivity index (χ3v) is 5.30. The van der Waals surface area contributed by atoms with Crippen molar-refractivity contribution in [2.45, 2.75) is 39.2 Å². The lowest BCUT2D eigenvalue weighted by Gasteiger charge is -2.10. The van der Waals surface area contributed by atoms with E-state index in [4.69, 9.17) is 9.15 Å². The average Bonchev–Trinajstić information content (AvgIpc) is 3.44. The second-order valence-electron chi connectivity index (χ2n) is 6.95. The zero-order valence-electron chi connectivity index (χ0n) is 17.3. The van der Waals surface area contributed by atoms with E-state index in [0.717, 1.165) is 11.1 Å². The van der Waals surface area contributed by atoms with Crippen LogP contribution in [0.5, 0.6) is 0 Å². The van der Waals surface area contributed by atoms with Gasteiger partial charge in [-0.15, -0.1) is 21.5 Å². The molecule has 1 unspecified atom stereocenters. The smallest absolute Gasteiger partial charge is 0.308 e. The highest BCUT2D eigenvalue weighted by atomic mass is 32.1. The monoisotopic (exact) mass is 441 g/mol. The zero-order valence-corrected chi connectivity index (χ0v) is 18.1. The molecule has 2 heterocycles. The Balaban J connectivity index is 1.38. The predicted octanol–water partition coefficient (Wildman–Crippen LogP) is 3.88. The van der Waals surface area contributed by atoms with E-state index in [1.165, 1.54) is 11.3 Å². The van der Waals surface area contributed by atoms with Gasteiger partial charge < -0.3 is 14.5 Å². The van der Waals surface area contributed by atoms with Crippen LogP contribution in [0.3, 0.4) is 0 Å². The van der Waals surface area contributed by atoms with Gasteiger partial charge in [0.1, 0.15) is 0 Å². The fourth-order valence-electron chi connectivity index (χ4n) is 2.78. The highest BCUT2D eigenvalue weighted by Crippen LogP contribution is 2.23. The number of nitrogens with zero attached hydrogens (tertiary/aromatic N) is 2. The van der Waals surface area contributed by atoms with Crippen LogP contribution in [0, 0.1) is 6.92 Å². The molecule has 0 bridgehead atoms. The highest BCUT2D eigenvalue weighted by Gasteiger charge is 2.19. The van der Waals surface area contributed by atoms with Gasteiger partial charge in [-0.1, -0.05) is 23.8 Å². The zero-order chi connectivity index (χ0) is 22.2. The molecule has 1 amide bonds. The third-order valence-electron chi connectivity index (χ3n) is 4.39. The normalized spacial score (nSPS) is 11.7. The lowest BCUT2D eigenvalue weighted by molar-refractivity contribution is -0.149. The fraction of sp³-hybridized carbons (Fsp3) is 0.318. The average molecular weight is 442 g/mol. The highest BCUT2D eigenvalue weighted by molar-refractivity contribution is 7.12. The van der Waals surface area contributed by atoms with Crippen LogP contribution >= 0.6 is 11.3 Å². The van der Waals surface area contributed by atoms with Gasteiger partial charge in [0.15, 0.2) is 11.9 Å². The molecule has 1 N–H and O–H groups in total. The van der Waals surface area contributed by atoms with Crippen LogP contribution < -0.4 is 5.32 Å². The van der Waals surface area contributed by atoms with Crippen LogP contribution in [0.4, 0.5) is 0 Å². The number of hydrogen-bond donors (Lipinski definition) is 1. The number of amides is 1. The van der Waals surface area contributed by atoms with Crippen LogP contribution in [0.25, 0.3) is 11.5 Å². The summed E-state index contributed by atoms with van der Waals surface area (Å²) in [6.45, 7) is 3.72. The summed E-state index contributed by atoms with van der Waals surface area (Å²) in [6, 6.07) is 11.2. The number of aryl methyl sites for hydroxylation is 1. The topological polar surface area (TPSA) is 111 Å². The van der Waals surface area contributed by atoms with Crippen molar-refractivity contribution in [2.75, 3.05) is 6.54 Å². The van der Waals surface area contributed by atoms with Gasteiger partial charge in [-0.2, -0.15) is 0 Å². The van der Waals surface area contributed by atoms with Crippen molar-refractivity contribution < 1.29 is 23.5 Å². The van der Waals surface area contributed by atoms with Gasteiger partial charge in [-0.25, -0.2) is 0 Å². The summed E-state index contributed by atoms with van der Waals surface area (Å²) in [5.41, 5.74) is 1.85. The molecule has 3 aromatic rings. The van der Waals surface area contributed by atoms with E-state index in [1.807, 2.05) is 36.6 Å². The molecule has 0 spiro atoms. The third kappa shape index (κ3) is 6.58. The van der Waals surface area contributed by atoms with Crippen molar-refractivity contribution in [1.82, 2.24) is 15.5 Å². The van der Waals surface area contributed by atoms with Crippen molar-refractivity contribution in [1.29, 1.82) is 0 Å². The molecule has 2 aromatic heterocycles. The molecule has 1 atom stereocenters. The number of aromatic nitrogens is 2. The first-order valence-electron chi connectivity index (χ1n) is 9.85. The maximum absolute atomic E-state index is 12.0. The Kier molecular flexibility index (Phi) is 7.66. The standard InChI is InChI=1S/C22H23N3O5S/c1-14-5-3-6-16(13-14)22-25-24-21(30-22)15(2)29-20(28)10-11-23-19(27)9-8-17(26)18-7-4-12-31-18/h3-7,12-13,15H,8-11H2,1-2H3,(H,23,27). The SMILES string of the molecule is Cc1cccc(-c2nnc(C(C)OC(=O)CCNC(=O)CCC(=O)c3cccs3)o2)c1. The van der Waals surface area contributed by atoms with E-state index < -0.39 is 12.1 Å². The molecule has 0 aliphatic heterocycles. The molecule has 0 aliphatic carbocycles. The number of ketones is 1. The minimum Gasteiger partial charge on any atom is -0.453 e. The number of rotatable bonds is 10. The molecule has 0 saturated carbocycles. The Morgan fingerprint density at radius 2 is 1.97 bits per heavy atom. The molecule has 8 nitrogen and oxygen atoms in total. The Hall–Kier alpha value is -3.33. The van der Waals surface area contributed by atoms with Crippen molar-refractivity contribution in [3.05, 3.63) is 58.1 Å². The summed E-state index contributed by atoms with van der Waals surface area (Å²) in [7, 11) is 0. The number of Topliss-reactive ketones (excluding diaryl/α,β-unsaturated/α-hetero) is 1. The van der Waals surface area contributed by atoms with E-state index in [9.17, 15) is 14.4 Å². The van der Waals surface area contributed by atoms with E-state index in [1.54, 1.807) is 19.1 Å². The Labute approximate surface area is 183 Å². The number of benzene rings is 1. The largest absolute Gasteiger partial charge is 0.453 e. The quantitative estimate of drug-likeness (QED) is 0.375. The number of esters is 1. The van der Waals surface area contributed by atoms with Crippen LogP contribution in [-0.4, -0.2) is 34.4 Å². The van der Waals surface area contributed by atoms with Crippen molar-refractivity contribution in [3.63, 3.8) is 0 Å². The van der Waals surface area contributed by atoms with Crippen LogP contribution in [0.15, 0.2) is 46.2 Å². The number of ether oxygens (including phenoxy) is 1. The number of carbonyl (C=O) groups excluding carboxylic acids is 3. The van der Waals surface area contributed by atoms with E-state index in [2.05, 4.69) is 15.5 Å². The lowest BCUT2D eigenvalue weighted by Crippen LogP contribution is -2.27. The number of nitrogens with one attached hydrogen (secondary N) is 1. The number of thiophene rings is 1. The van der Waals surface area contributed by atoms with Gasteiger partial charge in [0.25, 0.3) is 5.89 Å². The second-order valence-corrected chi connectivity index (χ2v) is 7.90. The van der Waals surface area contributed by atoms with Gasteiger partial charge in [0, 0.05) is 24.9 Å². The summed E-state index contributed by atoms with van der Waals surface area (Å²) in [5, 5.41) is 12.4. The summed E-state index contributed by atoms with van der Waals surface area (Å²) < 4.78 is 10.9.